The maximum atomic E-state index is 12.1. The molecule has 0 unspecified atom stereocenters. The van der Waals surface area contributed by atoms with Crippen molar-refractivity contribution < 1.29 is 19.2 Å². The van der Waals surface area contributed by atoms with Gasteiger partial charge < -0.3 is 9.47 Å². The highest BCUT2D eigenvalue weighted by atomic mass is 35.5. The number of hydrazone groups is 1. The summed E-state index contributed by atoms with van der Waals surface area (Å²) >= 11 is 12.2. The van der Waals surface area contributed by atoms with E-state index in [1.54, 1.807) is 48.5 Å². The van der Waals surface area contributed by atoms with Gasteiger partial charge in [0.25, 0.3) is 11.6 Å². The molecule has 0 aliphatic heterocycles. The molecule has 164 valence electrons. The number of carbonyl (C=O) groups is 1. The highest BCUT2D eigenvalue weighted by Crippen LogP contribution is 2.36. The Morgan fingerprint density at radius 2 is 1.81 bits per heavy atom. The summed E-state index contributed by atoms with van der Waals surface area (Å²) in [5.41, 5.74) is 4.13. The Morgan fingerprint density at radius 3 is 2.44 bits per heavy atom. The molecule has 3 aromatic carbocycles. The zero-order chi connectivity index (χ0) is 23.1. The first-order chi connectivity index (χ1) is 15.4. The van der Waals surface area contributed by atoms with Gasteiger partial charge in [0.05, 0.1) is 23.3 Å². The number of hydrogen-bond donors (Lipinski definition) is 1. The molecule has 0 fully saturated rings. The van der Waals surface area contributed by atoms with Gasteiger partial charge in [-0.3, -0.25) is 14.9 Å². The minimum absolute atomic E-state index is 0.00356. The maximum absolute atomic E-state index is 12.1. The van der Waals surface area contributed by atoms with Crippen molar-refractivity contribution in [2.75, 3.05) is 7.11 Å². The van der Waals surface area contributed by atoms with Crippen molar-refractivity contribution in [3.05, 3.63) is 97.5 Å². The van der Waals surface area contributed by atoms with E-state index in [4.69, 9.17) is 32.7 Å². The third kappa shape index (κ3) is 5.96. The van der Waals surface area contributed by atoms with E-state index >= 15 is 0 Å². The van der Waals surface area contributed by atoms with Crippen LogP contribution in [0.2, 0.25) is 10.0 Å². The molecule has 0 radical (unpaired) electrons. The van der Waals surface area contributed by atoms with Crippen LogP contribution in [0.15, 0.2) is 65.8 Å². The lowest BCUT2D eigenvalue weighted by Gasteiger charge is -2.13. The zero-order valence-corrected chi connectivity index (χ0v) is 18.3. The molecule has 0 aliphatic carbocycles. The maximum Gasteiger partial charge on any atom is 0.271 e. The third-order valence-electron chi connectivity index (χ3n) is 4.27. The van der Waals surface area contributed by atoms with Crippen molar-refractivity contribution in [3.63, 3.8) is 0 Å². The van der Waals surface area contributed by atoms with E-state index in [0.29, 0.717) is 27.6 Å². The average molecular weight is 474 g/mol. The van der Waals surface area contributed by atoms with E-state index in [2.05, 4.69) is 10.5 Å². The second kappa shape index (κ2) is 10.6. The predicted octanol–water partition coefficient (Wildman–Crippen LogP) is 5.25. The number of nitro benzene ring substituents is 1. The van der Waals surface area contributed by atoms with Crippen LogP contribution in [0.4, 0.5) is 5.69 Å². The van der Waals surface area contributed by atoms with Gasteiger partial charge in [-0.1, -0.05) is 23.2 Å². The smallest absolute Gasteiger partial charge is 0.271 e. The van der Waals surface area contributed by atoms with Crippen LogP contribution in [0.1, 0.15) is 21.5 Å². The van der Waals surface area contributed by atoms with Crippen molar-refractivity contribution in [2.24, 2.45) is 5.10 Å². The molecule has 0 spiro atoms. The SMILES string of the molecule is COc1cc(/C=N\NC(=O)c2ccc(Cl)cc2)cc(Cl)c1OCc1ccc([N+](=O)[O-])cc1. The average Bonchev–Trinajstić information content (AvgIpc) is 2.78. The van der Waals surface area contributed by atoms with Gasteiger partial charge in [-0.05, 0) is 59.7 Å². The lowest BCUT2D eigenvalue weighted by Crippen LogP contribution is -2.17. The van der Waals surface area contributed by atoms with Gasteiger partial charge in [0, 0.05) is 22.7 Å². The van der Waals surface area contributed by atoms with Crippen LogP contribution in [0, 0.1) is 10.1 Å². The first-order valence-electron chi connectivity index (χ1n) is 9.20. The molecule has 32 heavy (non-hydrogen) atoms. The normalized spacial score (nSPS) is 10.7. The quantitative estimate of drug-likeness (QED) is 0.273. The summed E-state index contributed by atoms with van der Waals surface area (Å²) in [5.74, 6) is 0.291. The summed E-state index contributed by atoms with van der Waals surface area (Å²) in [7, 11) is 1.47. The van der Waals surface area contributed by atoms with Crippen LogP contribution >= 0.6 is 23.2 Å². The standard InChI is InChI=1S/C22H17Cl2N3O5/c1-31-20-11-15(12-25-26-22(28)16-4-6-17(23)7-5-16)10-19(24)21(20)32-13-14-2-8-18(9-3-14)27(29)30/h2-12H,13H2,1H3,(H,26,28)/b25-12-. The number of benzene rings is 3. The molecule has 3 aromatic rings. The molecule has 0 heterocycles. The highest BCUT2D eigenvalue weighted by Gasteiger charge is 2.13. The fraction of sp³-hybridized carbons (Fsp3) is 0.0909. The van der Waals surface area contributed by atoms with Crippen LogP contribution in [0.25, 0.3) is 0 Å². The topological polar surface area (TPSA) is 103 Å². The summed E-state index contributed by atoms with van der Waals surface area (Å²) in [4.78, 5) is 22.4. The van der Waals surface area contributed by atoms with E-state index < -0.39 is 4.92 Å². The number of nitrogens with zero attached hydrogens (tertiary/aromatic N) is 2. The van der Waals surface area contributed by atoms with Crippen molar-refractivity contribution in [1.29, 1.82) is 0 Å². The number of hydrogen-bond acceptors (Lipinski definition) is 6. The molecular weight excluding hydrogens is 457 g/mol. The predicted molar refractivity (Wildman–Crippen MR) is 122 cm³/mol. The molecule has 0 bridgehead atoms. The molecule has 10 heteroatoms. The lowest BCUT2D eigenvalue weighted by atomic mass is 10.2. The molecule has 0 aliphatic rings. The summed E-state index contributed by atoms with van der Waals surface area (Å²) in [6.45, 7) is 0.138. The fourth-order valence-corrected chi connectivity index (χ4v) is 3.05. The Kier molecular flexibility index (Phi) is 7.64. The van der Waals surface area contributed by atoms with E-state index in [9.17, 15) is 14.9 Å². The Balaban J connectivity index is 1.67. The monoisotopic (exact) mass is 473 g/mol. The number of rotatable bonds is 8. The third-order valence-corrected chi connectivity index (χ3v) is 4.80. The van der Waals surface area contributed by atoms with Gasteiger partial charge >= 0.3 is 0 Å². The number of methoxy groups -OCH3 is 1. The molecular formula is C22H17Cl2N3O5. The van der Waals surface area contributed by atoms with E-state index in [1.165, 1.54) is 25.5 Å². The van der Waals surface area contributed by atoms with Crippen molar-refractivity contribution in [3.8, 4) is 11.5 Å². The van der Waals surface area contributed by atoms with Crippen molar-refractivity contribution in [1.82, 2.24) is 5.43 Å². The van der Waals surface area contributed by atoms with Crippen LogP contribution in [-0.2, 0) is 6.61 Å². The first-order valence-corrected chi connectivity index (χ1v) is 9.95. The molecule has 0 atom stereocenters. The largest absolute Gasteiger partial charge is 0.493 e. The Bertz CT molecular complexity index is 1150. The van der Waals surface area contributed by atoms with Crippen molar-refractivity contribution in [2.45, 2.75) is 6.61 Å². The van der Waals surface area contributed by atoms with E-state index in [0.717, 1.165) is 5.56 Å². The molecule has 1 amide bonds. The number of carbonyl (C=O) groups excluding carboxylic acids is 1. The number of non-ortho nitro benzene ring substituents is 1. The van der Waals surface area contributed by atoms with Gasteiger partial charge in [0.15, 0.2) is 11.5 Å². The highest BCUT2D eigenvalue weighted by molar-refractivity contribution is 6.32. The second-order valence-corrected chi connectivity index (χ2v) is 7.30. The van der Waals surface area contributed by atoms with Gasteiger partial charge in [-0.2, -0.15) is 5.10 Å². The van der Waals surface area contributed by atoms with Gasteiger partial charge in [-0.15, -0.1) is 0 Å². The van der Waals surface area contributed by atoms with Crippen molar-refractivity contribution >= 4 is 41.0 Å². The first kappa shape index (κ1) is 23.1. The van der Waals surface area contributed by atoms with Crippen LogP contribution in [-0.4, -0.2) is 24.2 Å². The summed E-state index contributed by atoms with van der Waals surface area (Å²) in [5, 5.41) is 15.5. The summed E-state index contributed by atoms with van der Waals surface area (Å²) in [6, 6.07) is 15.6. The van der Waals surface area contributed by atoms with Gasteiger partial charge in [-0.25, -0.2) is 5.43 Å². The van der Waals surface area contributed by atoms with Gasteiger partial charge in [0.1, 0.15) is 6.61 Å². The van der Waals surface area contributed by atoms with E-state index in [-0.39, 0.29) is 23.2 Å². The molecule has 8 nitrogen and oxygen atoms in total. The summed E-state index contributed by atoms with van der Waals surface area (Å²) in [6.07, 6.45) is 1.42. The summed E-state index contributed by atoms with van der Waals surface area (Å²) < 4.78 is 11.1. The number of nitrogens with one attached hydrogen (secondary N) is 1. The van der Waals surface area contributed by atoms with Gasteiger partial charge in [0.2, 0.25) is 0 Å². The minimum atomic E-state index is -0.470. The van der Waals surface area contributed by atoms with Crippen LogP contribution in [0.5, 0.6) is 11.5 Å². The molecule has 1 N–H and O–H groups in total. The Morgan fingerprint density at radius 1 is 1.12 bits per heavy atom. The number of halogens is 2. The molecule has 3 rings (SSSR count). The number of ether oxygens (including phenoxy) is 2. The fourth-order valence-electron chi connectivity index (χ4n) is 2.66. The minimum Gasteiger partial charge on any atom is -0.493 e. The number of nitro groups is 1. The molecule has 0 saturated heterocycles. The van der Waals surface area contributed by atoms with Crippen LogP contribution < -0.4 is 14.9 Å². The molecule has 0 aromatic heterocycles. The van der Waals surface area contributed by atoms with E-state index in [1.807, 2.05) is 0 Å². The zero-order valence-electron chi connectivity index (χ0n) is 16.7. The second-order valence-electron chi connectivity index (χ2n) is 6.45. The molecule has 0 saturated carbocycles. The number of amides is 1. The lowest BCUT2D eigenvalue weighted by molar-refractivity contribution is -0.384. The Hall–Kier alpha value is -3.62. The Labute approximate surface area is 193 Å². The van der Waals surface area contributed by atoms with Crippen LogP contribution in [0.3, 0.4) is 0 Å².